The van der Waals surface area contributed by atoms with Crippen LogP contribution in [0.5, 0.6) is 0 Å². The summed E-state index contributed by atoms with van der Waals surface area (Å²) >= 11 is 0. The van der Waals surface area contributed by atoms with Crippen LogP contribution in [0.2, 0.25) is 0 Å². The zero-order valence-corrected chi connectivity index (χ0v) is 9.96. The molecule has 0 aromatic carbocycles. The topological polar surface area (TPSA) is 77.0 Å². The minimum Gasteiger partial charge on any atom is -0.337 e. The van der Waals surface area contributed by atoms with Crippen LogP contribution in [0.4, 0.5) is 0 Å². The van der Waals surface area contributed by atoms with Gasteiger partial charge in [-0.3, -0.25) is 4.79 Å². The number of carbonyl (C=O) groups excluding carboxylic acids is 1. The molecular weight excluding hydrogens is 218 g/mol. The largest absolute Gasteiger partial charge is 0.337 e. The summed E-state index contributed by atoms with van der Waals surface area (Å²) in [5, 5.41) is 7.71. The SMILES string of the molecule is CC1=CCN(C(=O)Cn2cc(CN)nn2)CC1. The molecule has 0 unspecified atom stereocenters. The number of nitrogens with two attached hydrogens (primary N) is 1. The minimum absolute atomic E-state index is 0.0715. The van der Waals surface area contributed by atoms with Gasteiger partial charge in [0.15, 0.2) is 0 Å². The average molecular weight is 235 g/mol. The fourth-order valence-electron chi connectivity index (χ4n) is 1.75. The van der Waals surface area contributed by atoms with E-state index in [0.29, 0.717) is 18.8 Å². The van der Waals surface area contributed by atoms with Gasteiger partial charge in [0, 0.05) is 19.6 Å². The molecule has 1 aromatic heterocycles. The predicted molar refractivity (Wildman–Crippen MR) is 62.9 cm³/mol. The number of nitrogens with zero attached hydrogens (tertiary/aromatic N) is 4. The van der Waals surface area contributed by atoms with Gasteiger partial charge in [0.05, 0.1) is 11.9 Å². The highest BCUT2D eigenvalue weighted by Gasteiger charge is 2.16. The van der Waals surface area contributed by atoms with Gasteiger partial charge in [-0.15, -0.1) is 5.10 Å². The lowest BCUT2D eigenvalue weighted by Crippen LogP contribution is -2.37. The lowest BCUT2D eigenvalue weighted by Gasteiger charge is -2.25. The quantitative estimate of drug-likeness (QED) is 0.743. The van der Waals surface area contributed by atoms with Crippen LogP contribution in [0.25, 0.3) is 0 Å². The van der Waals surface area contributed by atoms with Gasteiger partial charge < -0.3 is 10.6 Å². The van der Waals surface area contributed by atoms with E-state index in [1.165, 1.54) is 10.3 Å². The number of carbonyl (C=O) groups is 1. The van der Waals surface area contributed by atoms with E-state index >= 15 is 0 Å². The van der Waals surface area contributed by atoms with Crippen molar-refractivity contribution in [2.45, 2.75) is 26.4 Å². The van der Waals surface area contributed by atoms with Crippen LogP contribution in [0.1, 0.15) is 19.0 Å². The van der Waals surface area contributed by atoms with Gasteiger partial charge in [0.1, 0.15) is 6.54 Å². The molecule has 0 aliphatic carbocycles. The van der Waals surface area contributed by atoms with E-state index in [1.807, 2.05) is 4.90 Å². The first-order valence-corrected chi connectivity index (χ1v) is 5.71. The lowest BCUT2D eigenvalue weighted by atomic mass is 10.1. The van der Waals surface area contributed by atoms with E-state index in [9.17, 15) is 4.79 Å². The third-order valence-electron chi connectivity index (χ3n) is 2.88. The highest BCUT2D eigenvalue weighted by molar-refractivity contribution is 5.76. The van der Waals surface area contributed by atoms with Crippen molar-refractivity contribution in [2.24, 2.45) is 5.73 Å². The number of amides is 1. The number of hydrogen-bond donors (Lipinski definition) is 1. The number of hydrogen-bond acceptors (Lipinski definition) is 4. The number of aromatic nitrogens is 3. The summed E-state index contributed by atoms with van der Waals surface area (Å²) in [5.41, 5.74) is 7.48. The molecule has 2 N–H and O–H groups in total. The van der Waals surface area contributed by atoms with Crippen molar-refractivity contribution in [3.8, 4) is 0 Å². The normalized spacial score (nSPS) is 15.9. The monoisotopic (exact) mass is 235 g/mol. The Morgan fingerprint density at radius 3 is 3.00 bits per heavy atom. The summed E-state index contributed by atoms with van der Waals surface area (Å²) in [6.07, 6.45) is 4.76. The van der Waals surface area contributed by atoms with Gasteiger partial charge in [-0.05, 0) is 13.3 Å². The standard InChI is InChI=1S/C11H17N5O/c1-9-2-4-15(5-3-9)11(17)8-16-7-10(6-12)13-14-16/h2,7H,3-6,8,12H2,1H3. The second-order valence-electron chi connectivity index (χ2n) is 4.25. The molecule has 0 saturated carbocycles. The predicted octanol–water partition coefficient (Wildman–Crippen LogP) is -0.0846. The van der Waals surface area contributed by atoms with E-state index in [-0.39, 0.29) is 12.5 Å². The molecule has 2 rings (SSSR count). The second kappa shape index (κ2) is 5.09. The molecule has 0 spiro atoms. The Morgan fingerprint density at radius 2 is 2.41 bits per heavy atom. The van der Waals surface area contributed by atoms with Crippen molar-refractivity contribution in [3.05, 3.63) is 23.5 Å². The van der Waals surface area contributed by atoms with Crippen LogP contribution in [0, 0.1) is 0 Å². The molecule has 6 heteroatoms. The van der Waals surface area contributed by atoms with Gasteiger partial charge in [-0.2, -0.15) is 0 Å². The Bertz CT molecular complexity index is 437. The molecule has 0 fully saturated rings. The summed E-state index contributed by atoms with van der Waals surface area (Å²) < 4.78 is 1.54. The maximum atomic E-state index is 11.9. The molecule has 1 amide bonds. The molecular formula is C11H17N5O. The average Bonchev–Trinajstić information content (AvgIpc) is 2.77. The van der Waals surface area contributed by atoms with Crippen LogP contribution >= 0.6 is 0 Å². The zero-order chi connectivity index (χ0) is 12.3. The summed E-state index contributed by atoms with van der Waals surface area (Å²) in [4.78, 5) is 13.8. The van der Waals surface area contributed by atoms with Crippen molar-refractivity contribution < 1.29 is 4.79 Å². The van der Waals surface area contributed by atoms with Crippen molar-refractivity contribution in [1.82, 2.24) is 19.9 Å². The van der Waals surface area contributed by atoms with Crippen molar-refractivity contribution in [1.29, 1.82) is 0 Å². The molecule has 1 aliphatic heterocycles. The van der Waals surface area contributed by atoms with Crippen molar-refractivity contribution in [2.75, 3.05) is 13.1 Å². The van der Waals surface area contributed by atoms with E-state index in [0.717, 1.165) is 13.0 Å². The Labute approximate surface area is 100 Å². The van der Waals surface area contributed by atoms with Crippen LogP contribution in [0.3, 0.4) is 0 Å². The highest BCUT2D eigenvalue weighted by Crippen LogP contribution is 2.09. The molecule has 0 radical (unpaired) electrons. The maximum Gasteiger partial charge on any atom is 0.244 e. The summed E-state index contributed by atoms with van der Waals surface area (Å²) in [6, 6.07) is 0. The zero-order valence-electron chi connectivity index (χ0n) is 9.96. The fraction of sp³-hybridized carbons (Fsp3) is 0.545. The summed E-state index contributed by atoms with van der Waals surface area (Å²) in [7, 11) is 0. The van der Waals surface area contributed by atoms with Gasteiger partial charge in [-0.25, -0.2) is 4.68 Å². The van der Waals surface area contributed by atoms with E-state index in [2.05, 4.69) is 23.3 Å². The Kier molecular flexibility index (Phi) is 3.53. The second-order valence-corrected chi connectivity index (χ2v) is 4.25. The van der Waals surface area contributed by atoms with E-state index in [4.69, 9.17) is 5.73 Å². The molecule has 1 aliphatic rings. The third-order valence-corrected chi connectivity index (χ3v) is 2.88. The summed E-state index contributed by atoms with van der Waals surface area (Å²) in [6.45, 7) is 4.16. The van der Waals surface area contributed by atoms with Crippen LogP contribution in [-0.4, -0.2) is 38.9 Å². The van der Waals surface area contributed by atoms with Gasteiger partial charge in [-0.1, -0.05) is 16.9 Å². The van der Waals surface area contributed by atoms with Gasteiger partial charge in [0.25, 0.3) is 0 Å². The molecule has 92 valence electrons. The molecule has 6 nitrogen and oxygen atoms in total. The molecule has 2 heterocycles. The van der Waals surface area contributed by atoms with Crippen LogP contribution in [-0.2, 0) is 17.9 Å². The smallest absolute Gasteiger partial charge is 0.244 e. The number of rotatable bonds is 3. The van der Waals surface area contributed by atoms with Gasteiger partial charge in [0.2, 0.25) is 5.91 Å². The van der Waals surface area contributed by atoms with Crippen molar-refractivity contribution >= 4 is 5.91 Å². The van der Waals surface area contributed by atoms with Gasteiger partial charge >= 0.3 is 0 Å². The minimum atomic E-state index is 0.0715. The fourth-order valence-corrected chi connectivity index (χ4v) is 1.75. The Hall–Kier alpha value is -1.69. The van der Waals surface area contributed by atoms with E-state index in [1.54, 1.807) is 6.20 Å². The highest BCUT2D eigenvalue weighted by atomic mass is 16.2. The molecule has 17 heavy (non-hydrogen) atoms. The lowest BCUT2D eigenvalue weighted by molar-refractivity contribution is -0.131. The molecule has 1 aromatic rings. The Morgan fingerprint density at radius 1 is 1.59 bits per heavy atom. The maximum absolute atomic E-state index is 11.9. The first-order chi connectivity index (χ1) is 8.19. The van der Waals surface area contributed by atoms with Crippen LogP contribution < -0.4 is 5.73 Å². The third kappa shape index (κ3) is 2.91. The Balaban J connectivity index is 1.93. The molecule has 0 atom stereocenters. The van der Waals surface area contributed by atoms with Crippen LogP contribution in [0.15, 0.2) is 17.8 Å². The molecule has 0 saturated heterocycles. The van der Waals surface area contributed by atoms with E-state index < -0.39 is 0 Å². The summed E-state index contributed by atoms with van der Waals surface area (Å²) in [5.74, 6) is 0.0715. The van der Waals surface area contributed by atoms with Crippen molar-refractivity contribution in [3.63, 3.8) is 0 Å². The molecule has 0 bridgehead atoms. The first-order valence-electron chi connectivity index (χ1n) is 5.71. The first kappa shape index (κ1) is 11.8.